The van der Waals surface area contributed by atoms with Crippen molar-refractivity contribution in [2.24, 2.45) is 23.2 Å². The fourth-order valence-electron chi connectivity index (χ4n) is 6.52. The van der Waals surface area contributed by atoms with Crippen molar-refractivity contribution in [2.75, 3.05) is 13.7 Å². The van der Waals surface area contributed by atoms with Gasteiger partial charge in [0.15, 0.2) is 0 Å². The summed E-state index contributed by atoms with van der Waals surface area (Å²) in [4.78, 5) is 52.3. The fourth-order valence-corrected chi connectivity index (χ4v) is 6.52. The number of halogens is 3. The van der Waals surface area contributed by atoms with Gasteiger partial charge in [0.05, 0.1) is 12.2 Å². The Kier molecular flexibility index (Phi) is 7.18. The first-order valence-corrected chi connectivity index (χ1v) is 12.9. The SMILES string of the molecule is CO[C@H](C)[C@H](NC(=O)C(F)(F)F)C(=O)N1CC2C(C1C(=O)N[C@H](C#N)C[C@@H]1CC3(CCC3)NC1=O)C2(C)C. The monoisotopic (exact) mass is 541 g/mol. The number of hydrogen-bond acceptors (Lipinski definition) is 6. The predicted molar refractivity (Wildman–Crippen MR) is 126 cm³/mol. The predicted octanol–water partition coefficient (Wildman–Crippen LogP) is 1.01. The van der Waals surface area contributed by atoms with Crippen LogP contribution in [0.2, 0.25) is 0 Å². The summed E-state index contributed by atoms with van der Waals surface area (Å²) in [5, 5.41) is 17.1. The molecule has 0 bridgehead atoms. The van der Waals surface area contributed by atoms with Crippen LogP contribution in [-0.4, -0.2) is 78.1 Å². The van der Waals surface area contributed by atoms with E-state index in [1.807, 2.05) is 19.9 Å². The summed E-state index contributed by atoms with van der Waals surface area (Å²) in [6.45, 7) is 5.35. The van der Waals surface area contributed by atoms with E-state index in [0.29, 0.717) is 6.42 Å². The lowest BCUT2D eigenvalue weighted by atomic mass is 9.74. The zero-order valence-corrected chi connectivity index (χ0v) is 21.9. The lowest BCUT2D eigenvalue weighted by Crippen LogP contribution is -2.60. The number of likely N-dealkylation sites (tertiary alicyclic amines) is 1. The number of nitriles is 1. The first kappa shape index (κ1) is 28.1. The summed E-state index contributed by atoms with van der Waals surface area (Å²) < 4.78 is 43.9. The maximum Gasteiger partial charge on any atom is 0.471 e. The molecule has 13 heteroatoms. The van der Waals surface area contributed by atoms with Gasteiger partial charge in [-0.05, 0) is 56.3 Å². The number of piperidine rings is 1. The molecule has 2 aliphatic carbocycles. The molecule has 10 nitrogen and oxygen atoms in total. The van der Waals surface area contributed by atoms with Crippen LogP contribution in [-0.2, 0) is 23.9 Å². The minimum Gasteiger partial charge on any atom is -0.379 e. The van der Waals surface area contributed by atoms with Gasteiger partial charge in [-0.25, -0.2) is 0 Å². The number of rotatable bonds is 8. The van der Waals surface area contributed by atoms with Gasteiger partial charge in [0, 0.05) is 25.1 Å². The third-order valence-electron chi connectivity index (χ3n) is 9.11. The Bertz CT molecular complexity index is 1050. The van der Waals surface area contributed by atoms with Gasteiger partial charge in [0.2, 0.25) is 17.7 Å². The number of fused-ring (bicyclic) bond motifs is 1. The highest BCUT2D eigenvalue weighted by atomic mass is 19.4. The second kappa shape index (κ2) is 9.70. The lowest BCUT2D eigenvalue weighted by molar-refractivity contribution is -0.176. The van der Waals surface area contributed by atoms with E-state index in [-0.39, 0.29) is 41.7 Å². The molecule has 0 aromatic heterocycles. The van der Waals surface area contributed by atoms with E-state index in [1.165, 1.54) is 18.9 Å². The number of amides is 4. The normalized spacial score (nSPS) is 30.8. The summed E-state index contributed by atoms with van der Waals surface area (Å²) in [7, 11) is 1.20. The molecule has 3 N–H and O–H groups in total. The minimum absolute atomic E-state index is 0.0707. The van der Waals surface area contributed by atoms with E-state index in [2.05, 4.69) is 10.6 Å². The highest BCUT2D eigenvalue weighted by Crippen LogP contribution is 2.65. The van der Waals surface area contributed by atoms with E-state index >= 15 is 0 Å². The van der Waals surface area contributed by atoms with Gasteiger partial charge < -0.3 is 25.6 Å². The molecule has 0 aromatic rings. The van der Waals surface area contributed by atoms with Crippen molar-refractivity contribution in [1.29, 1.82) is 5.26 Å². The third kappa shape index (κ3) is 4.95. The Hall–Kier alpha value is -2.88. The van der Waals surface area contributed by atoms with Crippen molar-refractivity contribution in [3.63, 3.8) is 0 Å². The van der Waals surface area contributed by atoms with Crippen molar-refractivity contribution >= 4 is 23.6 Å². The smallest absolute Gasteiger partial charge is 0.379 e. The molecular weight excluding hydrogens is 507 g/mol. The highest BCUT2D eigenvalue weighted by Gasteiger charge is 2.69. The van der Waals surface area contributed by atoms with Gasteiger partial charge in [0.1, 0.15) is 18.1 Å². The Morgan fingerprint density at radius 2 is 1.92 bits per heavy atom. The van der Waals surface area contributed by atoms with Crippen molar-refractivity contribution in [1.82, 2.24) is 20.9 Å². The molecule has 3 unspecified atom stereocenters. The van der Waals surface area contributed by atoms with Gasteiger partial charge in [-0.1, -0.05) is 13.8 Å². The van der Waals surface area contributed by atoms with E-state index in [1.54, 1.807) is 5.32 Å². The third-order valence-corrected chi connectivity index (χ3v) is 9.11. The van der Waals surface area contributed by atoms with Crippen LogP contribution in [0, 0.1) is 34.5 Å². The molecule has 2 saturated carbocycles. The topological polar surface area (TPSA) is 141 Å². The van der Waals surface area contributed by atoms with Crippen LogP contribution < -0.4 is 16.0 Å². The Morgan fingerprint density at radius 1 is 1.26 bits per heavy atom. The number of alkyl halides is 3. The van der Waals surface area contributed by atoms with Crippen LogP contribution in [0.4, 0.5) is 13.2 Å². The van der Waals surface area contributed by atoms with Crippen LogP contribution in [0.5, 0.6) is 0 Å². The maximum absolute atomic E-state index is 13.5. The molecule has 2 aliphatic heterocycles. The van der Waals surface area contributed by atoms with Crippen LogP contribution in [0.1, 0.15) is 52.9 Å². The Morgan fingerprint density at radius 3 is 2.42 bits per heavy atom. The average molecular weight is 542 g/mol. The summed E-state index contributed by atoms with van der Waals surface area (Å²) in [6.07, 6.45) is -2.78. The quantitative estimate of drug-likeness (QED) is 0.419. The van der Waals surface area contributed by atoms with E-state index in [9.17, 15) is 37.6 Å². The molecule has 210 valence electrons. The fraction of sp³-hybridized carbons (Fsp3) is 0.800. The van der Waals surface area contributed by atoms with Crippen LogP contribution in [0.25, 0.3) is 0 Å². The lowest BCUT2D eigenvalue weighted by Gasteiger charge is -2.38. The highest BCUT2D eigenvalue weighted by molar-refractivity contribution is 5.95. The largest absolute Gasteiger partial charge is 0.471 e. The summed E-state index contributed by atoms with van der Waals surface area (Å²) in [5.41, 5.74) is -0.500. The van der Waals surface area contributed by atoms with Crippen LogP contribution in [0.15, 0.2) is 0 Å². The van der Waals surface area contributed by atoms with Crippen molar-refractivity contribution in [2.45, 2.75) is 88.8 Å². The standard InChI is InChI=1S/C25H34F3N5O5/c1-12(38-4)17(31-22(37)25(26,27)28)21(36)33-11-15-16(23(15,2)3)18(33)20(35)30-14(10-29)8-13-9-24(6-5-7-24)32-19(13)34/h12-18H,5-9,11H2,1-4H3,(H,30,35)(H,31,37)(H,32,34)/t12-,13-,14+,15?,16?,17+,18?/m1/s1. The van der Waals surface area contributed by atoms with Crippen LogP contribution in [0.3, 0.4) is 0 Å². The van der Waals surface area contributed by atoms with Crippen molar-refractivity contribution in [3.05, 3.63) is 0 Å². The summed E-state index contributed by atoms with van der Waals surface area (Å²) in [5.74, 6) is -4.65. The van der Waals surface area contributed by atoms with E-state index < -0.39 is 54.0 Å². The zero-order valence-electron chi connectivity index (χ0n) is 21.9. The van der Waals surface area contributed by atoms with Gasteiger partial charge in [-0.15, -0.1) is 0 Å². The van der Waals surface area contributed by atoms with Crippen molar-refractivity contribution in [3.8, 4) is 6.07 Å². The first-order chi connectivity index (χ1) is 17.6. The van der Waals surface area contributed by atoms with E-state index in [0.717, 1.165) is 19.3 Å². The van der Waals surface area contributed by atoms with Crippen molar-refractivity contribution < 1.29 is 37.1 Å². The number of methoxy groups -OCH3 is 1. The molecule has 1 spiro atoms. The summed E-state index contributed by atoms with van der Waals surface area (Å²) in [6, 6.07) is -1.65. The summed E-state index contributed by atoms with van der Waals surface area (Å²) >= 11 is 0. The number of nitrogens with zero attached hydrogens (tertiary/aromatic N) is 2. The first-order valence-electron chi connectivity index (χ1n) is 12.9. The number of nitrogens with one attached hydrogen (secondary N) is 3. The number of ether oxygens (including phenoxy) is 1. The zero-order chi connectivity index (χ0) is 28.2. The Labute approximate surface area is 219 Å². The second-order valence-corrected chi connectivity index (χ2v) is 11.7. The molecule has 0 radical (unpaired) electrons. The molecule has 7 atom stereocenters. The molecule has 4 amide bonds. The molecule has 4 fully saturated rings. The maximum atomic E-state index is 13.5. The Balaban J connectivity index is 1.49. The molecule has 2 heterocycles. The molecule has 4 aliphatic rings. The number of hydrogen-bond donors (Lipinski definition) is 3. The van der Waals surface area contributed by atoms with Gasteiger partial charge in [0.25, 0.3) is 0 Å². The van der Waals surface area contributed by atoms with E-state index in [4.69, 9.17) is 4.74 Å². The average Bonchev–Trinajstić information content (AvgIpc) is 3.15. The number of carbonyl (C=O) groups is 4. The molecular formula is C25H34F3N5O5. The minimum atomic E-state index is -5.21. The van der Waals surface area contributed by atoms with Gasteiger partial charge in [-0.3, -0.25) is 19.2 Å². The van der Waals surface area contributed by atoms with Crippen LogP contribution >= 0.6 is 0 Å². The molecule has 4 rings (SSSR count). The van der Waals surface area contributed by atoms with Gasteiger partial charge in [-0.2, -0.15) is 18.4 Å². The molecule has 2 saturated heterocycles. The number of carbonyl (C=O) groups excluding carboxylic acids is 4. The second-order valence-electron chi connectivity index (χ2n) is 11.7. The molecule has 38 heavy (non-hydrogen) atoms. The van der Waals surface area contributed by atoms with Gasteiger partial charge >= 0.3 is 12.1 Å². The molecule has 0 aromatic carbocycles.